The van der Waals surface area contributed by atoms with Crippen LogP contribution in [0.1, 0.15) is 51.9 Å². The van der Waals surface area contributed by atoms with E-state index in [-0.39, 0.29) is 0 Å². The van der Waals surface area contributed by atoms with Gasteiger partial charge >= 0.3 is 0 Å². The molecule has 2 saturated carbocycles. The summed E-state index contributed by atoms with van der Waals surface area (Å²) in [5.74, 6) is 0. The largest absolute Gasteiger partial charge is 0.313 e. The lowest BCUT2D eigenvalue weighted by molar-refractivity contribution is 0.0849. The van der Waals surface area contributed by atoms with Crippen molar-refractivity contribution < 1.29 is 0 Å². The van der Waals surface area contributed by atoms with Gasteiger partial charge in [-0.15, -0.1) is 0 Å². The molecule has 0 spiro atoms. The second kappa shape index (κ2) is 6.76. The Morgan fingerprint density at radius 3 is 2.25 bits per heavy atom. The summed E-state index contributed by atoms with van der Waals surface area (Å²) in [5, 5.41) is 3.82. The van der Waals surface area contributed by atoms with Crippen LogP contribution in [-0.2, 0) is 0 Å². The Bertz CT molecular complexity index is 287. The minimum atomic E-state index is 0.607. The fourth-order valence-corrected chi connectivity index (χ4v) is 4.13. The maximum Gasteiger partial charge on any atom is 0.0110 e. The van der Waals surface area contributed by atoms with Gasteiger partial charge in [0.1, 0.15) is 0 Å². The highest BCUT2D eigenvalue weighted by atomic mass is 15.3. The van der Waals surface area contributed by atoms with Crippen LogP contribution in [0, 0.1) is 5.41 Å². The summed E-state index contributed by atoms with van der Waals surface area (Å²) >= 11 is 0. The highest BCUT2D eigenvalue weighted by Gasteiger charge is 2.37. The van der Waals surface area contributed by atoms with E-state index in [1.165, 1.54) is 90.8 Å². The molecule has 1 heterocycles. The van der Waals surface area contributed by atoms with Crippen molar-refractivity contribution in [2.24, 2.45) is 5.41 Å². The topological polar surface area (TPSA) is 18.5 Å². The van der Waals surface area contributed by atoms with E-state index in [1.807, 2.05) is 0 Å². The molecule has 0 bridgehead atoms. The Morgan fingerprint density at radius 1 is 1.00 bits per heavy atom. The zero-order valence-corrected chi connectivity index (χ0v) is 13.4. The summed E-state index contributed by atoms with van der Waals surface area (Å²) in [4.78, 5) is 5.40. The second-order valence-electron chi connectivity index (χ2n) is 7.48. The summed E-state index contributed by atoms with van der Waals surface area (Å²) < 4.78 is 0. The lowest BCUT2D eigenvalue weighted by Crippen LogP contribution is -2.51. The fourth-order valence-electron chi connectivity index (χ4n) is 4.13. The second-order valence-corrected chi connectivity index (χ2v) is 7.48. The van der Waals surface area contributed by atoms with E-state index in [9.17, 15) is 0 Å². The minimum absolute atomic E-state index is 0.607. The van der Waals surface area contributed by atoms with Crippen LogP contribution in [0.5, 0.6) is 0 Å². The first-order chi connectivity index (χ1) is 9.80. The molecule has 3 aliphatic rings. The summed E-state index contributed by atoms with van der Waals surface area (Å²) in [6.45, 7) is 11.4. The number of piperazine rings is 1. The van der Waals surface area contributed by atoms with Gasteiger partial charge in [0, 0.05) is 45.3 Å². The van der Waals surface area contributed by atoms with Crippen molar-refractivity contribution in [3.05, 3.63) is 0 Å². The van der Waals surface area contributed by atoms with E-state index in [4.69, 9.17) is 0 Å². The molecule has 0 aromatic heterocycles. The molecule has 0 aromatic rings. The quantitative estimate of drug-likeness (QED) is 0.771. The smallest absolute Gasteiger partial charge is 0.0110 e. The van der Waals surface area contributed by atoms with Crippen LogP contribution in [-0.4, -0.2) is 61.7 Å². The summed E-state index contributed by atoms with van der Waals surface area (Å²) in [7, 11) is 0. The summed E-state index contributed by atoms with van der Waals surface area (Å²) in [6, 6.07) is 0.869. The molecule has 20 heavy (non-hydrogen) atoms. The highest BCUT2D eigenvalue weighted by molar-refractivity contribution is 4.93. The monoisotopic (exact) mass is 279 g/mol. The van der Waals surface area contributed by atoms with Crippen LogP contribution >= 0.6 is 0 Å². The van der Waals surface area contributed by atoms with Crippen LogP contribution in [0.4, 0.5) is 0 Å². The lowest BCUT2D eigenvalue weighted by Gasteiger charge is -2.40. The van der Waals surface area contributed by atoms with Crippen molar-refractivity contribution in [3.63, 3.8) is 0 Å². The molecule has 3 heteroatoms. The van der Waals surface area contributed by atoms with Crippen molar-refractivity contribution in [1.29, 1.82) is 0 Å². The van der Waals surface area contributed by atoms with Gasteiger partial charge in [-0.3, -0.25) is 0 Å². The maximum absolute atomic E-state index is 3.82. The minimum Gasteiger partial charge on any atom is -0.313 e. The van der Waals surface area contributed by atoms with Crippen molar-refractivity contribution in [2.75, 3.05) is 45.8 Å². The molecule has 0 amide bonds. The molecule has 0 radical (unpaired) electrons. The molecule has 0 aromatic carbocycles. The molecular formula is C17H33N3. The van der Waals surface area contributed by atoms with E-state index in [0.717, 1.165) is 6.04 Å². The first kappa shape index (κ1) is 14.8. The van der Waals surface area contributed by atoms with Gasteiger partial charge in [0.15, 0.2) is 0 Å². The van der Waals surface area contributed by atoms with Gasteiger partial charge < -0.3 is 15.1 Å². The highest BCUT2D eigenvalue weighted by Crippen LogP contribution is 2.39. The molecule has 2 aliphatic carbocycles. The number of hydrogen-bond acceptors (Lipinski definition) is 3. The van der Waals surface area contributed by atoms with Crippen molar-refractivity contribution in [2.45, 2.75) is 57.9 Å². The Kier molecular flexibility index (Phi) is 5.00. The zero-order chi connectivity index (χ0) is 13.8. The average molecular weight is 279 g/mol. The molecule has 3 fully saturated rings. The third-order valence-electron chi connectivity index (χ3n) is 5.57. The number of rotatable bonds is 7. The first-order valence-corrected chi connectivity index (χ1v) is 8.98. The van der Waals surface area contributed by atoms with E-state index in [2.05, 4.69) is 22.0 Å². The van der Waals surface area contributed by atoms with E-state index < -0.39 is 0 Å². The Balaban J connectivity index is 1.46. The predicted octanol–water partition coefficient (Wildman–Crippen LogP) is 2.33. The van der Waals surface area contributed by atoms with Gasteiger partial charge in [-0.1, -0.05) is 19.8 Å². The molecule has 1 N–H and O–H groups in total. The van der Waals surface area contributed by atoms with Crippen LogP contribution in [0.25, 0.3) is 0 Å². The molecule has 1 saturated heterocycles. The van der Waals surface area contributed by atoms with Crippen LogP contribution in [0.2, 0.25) is 0 Å². The van der Waals surface area contributed by atoms with Crippen LogP contribution < -0.4 is 5.32 Å². The summed E-state index contributed by atoms with van der Waals surface area (Å²) in [5.41, 5.74) is 0.607. The molecular weight excluding hydrogens is 246 g/mol. The Labute approximate surface area is 125 Å². The Hall–Kier alpha value is -0.120. The normalized spacial score (nSPS) is 28.1. The molecule has 3 rings (SSSR count). The van der Waals surface area contributed by atoms with Crippen molar-refractivity contribution in [1.82, 2.24) is 15.1 Å². The third-order valence-corrected chi connectivity index (χ3v) is 5.57. The number of nitrogens with zero attached hydrogens (tertiary/aromatic N) is 2. The first-order valence-electron chi connectivity index (χ1n) is 8.98. The molecule has 116 valence electrons. The molecule has 0 atom stereocenters. The van der Waals surface area contributed by atoms with Gasteiger partial charge in [-0.25, -0.2) is 0 Å². The van der Waals surface area contributed by atoms with Crippen LogP contribution in [0.3, 0.4) is 0 Å². The number of hydrogen-bond donors (Lipinski definition) is 1. The predicted molar refractivity (Wildman–Crippen MR) is 85.1 cm³/mol. The van der Waals surface area contributed by atoms with E-state index in [0.29, 0.717) is 5.41 Å². The molecule has 3 nitrogen and oxygen atoms in total. The molecule has 0 unspecified atom stereocenters. The van der Waals surface area contributed by atoms with Crippen molar-refractivity contribution in [3.8, 4) is 0 Å². The lowest BCUT2D eigenvalue weighted by atomic mass is 9.85. The van der Waals surface area contributed by atoms with Crippen LogP contribution in [0.15, 0.2) is 0 Å². The average Bonchev–Trinajstić information content (AvgIpc) is 3.19. The standard InChI is InChI=1S/C17H33N3/c1-2-9-19-10-12-20(13-11-19)15-17(7-3-4-8-17)14-18-16-5-6-16/h16,18H,2-15H2,1H3. The zero-order valence-electron chi connectivity index (χ0n) is 13.4. The SMILES string of the molecule is CCCN1CCN(CC2(CNC3CC3)CCCC2)CC1. The van der Waals surface area contributed by atoms with Crippen molar-refractivity contribution >= 4 is 0 Å². The van der Waals surface area contributed by atoms with E-state index >= 15 is 0 Å². The van der Waals surface area contributed by atoms with Gasteiger partial charge in [-0.05, 0) is 44.1 Å². The maximum atomic E-state index is 3.82. The van der Waals surface area contributed by atoms with E-state index in [1.54, 1.807) is 0 Å². The van der Waals surface area contributed by atoms with Gasteiger partial charge in [0.2, 0.25) is 0 Å². The fraction of sp³-hybridized carbons (Fsp3) is 1.00. The van der Waals surface area contributed by atoms with Gasteiger partial charge in [0.05, 0.1) is 0 Å². The Morgan fingerprint density at radius 2 is 1.65 bits per heavy atom. The molecule has 1 aliphatic heterocycles. The van der Waals surface area contributed by atoms with Gasteiger partial charge in [-0.2, -0.15) is 0 Å². The summed E-state index contributed by atoms with van der Waals surface area (Å²) in [6.07, 6.45) is 9.99. The number of nitrogens with one attached hydrogen (secondary N) is 1. The van der Waals surface area contributed by atoms with Gasteiger partial charge in [0.25, 0.3) is 0 Å². The third kappa shape index (κ3) is 3.96.